The van der Waals surface area contributed by atoms with E-state index in [9.17, 15) is 0 Å². The molecule has 2 nitrogen and oxygen atoms in total. The molecule has 0 saturated heterocycles. The van der Waals surface area contributed by atoms with Gasteiger partial charge in [0.05, 0.1) is 5.60 Å². The number of rotatable bonds is 5. The summed E-state index contributed by atoms with van der Waals surface area (Å²) in [6.07, 6.45) is 2.01. The van der Waals surface area contributed by atoms with Crippen LogP contribution in [0.5, 0.6) is 0 Å². The number of nitrogens with two attached hydrogens (primary N) is 1. The highest BCUT2D eigenvalue weighted by atomic mass is 16.5. The summed E-state index contributed by atoms with van der Waals surface area (Å²) in [6, 6.07) is 0. The topological polar surface area (TPSA) is 35.2 Å². The number of ether oxygens (including phenoxy) is 1. The molecule has 0 aliphatic carbocycles. The van der Waals surface area contributed by atoms with Gasteiger partial charge in [0, 0.05) is 6.61 Å². The summed E-state index contributed by atoms with van der Waals surface area (Å²) < 4.78 is 5.54. The van der Waals surface area contributed by atoms with E-state index in [1.54, 1.807) is 0 Å². The Kier molecular flexibility index (Phi) is 4.65. The first-order valence-corrected chi connectivity index (χ1v) is 3.96. The van der Waals surface area contributed by atoms with Crippen LogP contribution in [0.15, 0.2) is 0 Å². The highest BCUT2D eigenvalue weighted by Crippen LogP contribution is 2.12. The van der Waals surface area contributed by atoms with Crippen LogP contribution in [0.1, 0.15) is 33.6 Å². The number of hydrogen-bond donors (Lipinski definition) is 1. The monoisotopic (exact) mass is 145 g/mol. The van der Waals surface area contributed by atoms with Gasteiger partial charge in [-0.1, -0.05) is 6.92 Å². The van der Waals surface area contributed by atoms with Crippen LogP contribution < -0.4 is 5.73 Å². The third kappa shape index (κ3) is 4.77. The molecule has 0 atom stereocenters. The van der Waals surface area contributed by atoms with Crippen molar-refractivity contribution in [2.75, 3.05) is 13.2 Å². The molecule has 0 aromatic rings. The fourth-order valence-corrected chi connectivity index (χ4v) is 0.534. The van der Waals surface area contributed by atoms with Crippen LogP contribution in [-0.2, 0) is 4.74 Å². The Labute approximate surface area is 63.7 Å². The Morgan fingerprint density at radius 2 is 2.00 bits per heavy atom. The normalized spacial score (nSPS) is 12.0. The van der Waals surface area contributed by atoms with Crippen molar-refractivity contribution in [2.45, 2.75) is 39.2 Å². The maximum Gasteiger partial charge on any atom is 0.0623 e. The van der Waals surface area contributed by atoms with Gasteiger partial charge in [0.2, 0.25) is 0 Å². The van der Waals surface area contributed by atoms with Gasteiger partial charge in [0.25, 0.3) is 0 Å². The van der Waals surface area contributed by atoms with Crippen molar-refractivity contribution in [3.8, 4) is 0 Å². The van der Waals surface area contributed by atoms with Gasteiger partial charge < -0.3 is 10.5 Å². The molecule has 0 radical (unpaired) electrons. The molecule has 0 unspecified atom stereocenters. The zero-order valence-corrected chi connectivity index (χ0v) is 7.31. The first-order chi connectivity index (χ1) is 4.62. The van der Waals surface area contributed by atoms with Crippen molar-refractivity contribution in [1.29, 1.82) is 0 Å². The van der Waals surface area contributed by atoms with Gasteiger partial charge in [-0.25, -0.2) is 0 Å². The molecule has 0 aromatic heterocycles. The molecule has 0 bridgehead atoms. The molecule has 0 spiro atoms. The zero-order chi connectivity index (χ0) is 8.04. The molecule has 10 heavy (non-hydrogen) atoms. The van der Waals surface area contributed by atoms with E-state index in [0.29, 0.717) is 0 Å². The lowest BCUT2D eigenvalue weighted by molar-refractivity contribution is -0.0202. The summed E-state index contributed by atoms with van der Waals surface area (Å²) in [6.45, 7) is 7.84. The minimum Gasteiger partial charge on any atom is -0.376 e. The molecule has 0 aliphatic heterocycles. The average Bonchev–Trinajstić information content (AvgIpc) is 1.89. The van der Waals surface area contributed by atoms with E-state index in [1.165, 1.54) is 0 Å². The molecule has 0 aliphatic rings. The van der Waals surface area contributed by atoms with Crippen molar-refractivity contribution in [3.63, 3.8) is 0 Å². The summed E-state index contributed by atoms with van der Waals surface area (Å²) >= 11 is 0. The van der Waals surface area contributed by atoms with Gasteiger partial charge in [0.15, 0.2) is 0 Å². The minimum atomic E-state index is 0.0369. The Balaban J connectivity index is 3.28. The second-order valence-corrected chi connectivity index (χ2v) is 3.10. The highest BCUT2D eigenvalue weighted by molar-refractivity contribution is 4.64. The zero-order valence-electron chi connectivity index (χ0n) is 7.31. The standard InChI is InChI=1S/C8H19NO/c1-4-8(2,3)10-7-5-6-9/h4-7,9H2,1-3H3. The third-order valence-corrected chi connectivity index (χ3v) is 1.69. The van der Waals surface area contributed by atoms with Gasteiger partial charge in [-0.15, -0.1) is 0 Å². The van der Waals surface area contributed by atoms with Crippen LogP contribution in [0.3, 0.4) is 0 Å². The van der Waals surface area contributed by atoms with Crippen LogP contribution in [0, 0.1) is 0 Å². The lowest BCUT2D eigenvalue weighted by Crippen LogP contribution is -2.24. The SMILES string of the molecule is CCC(C)(C)OCCCN. The van der Waals surface area contributed by atoms with E-state index in [2.05, 4.69) is 20.8 Å². The second-order valence-electron chi connectivity index (χ2n) is 3.10. The van der Waals surface area contributed by atoms with Gasteiger partial charge in [-0.05, 0) is 33.2 Å². The predicted molar refractivity (Wildman–Crippen MR) is 44.0 cm³/mol. The van der Waals surface area contributed by atoms with E-state index in [4.69, 9.17) is 10.5 Å². The van der Waals surface area contributed by atoms with E-state index >= 15 is 0 Å². The molecule has 2 N–H and O–H groups in total. The molecule has 0 heterocycles. The van der Waals surface area contributed by atoms with Crippen molar-refractivity contribution >= 4 is 0 Å². The van der Waals surface area contributed by atoms with E-state index < -0.39 is 0 Å². The molecule has 0 fully saturated rings. The van der Waals surface area contributed by atoms with Crippen molar-refractivity contribution in [2.24, 2.45) is 5.73 Å². The summed E-state index contributed by atoms with van der Waals surface area (Å²) in [5.74, 6) is 0. The Morgan fingerprint density at radius 3 is 2.40 bits per heavy atom. The average molecular weight is 145 g/mol. The fourth-order valence-electron chi connectivity index (χ4n) is 0.534. The van der Waals surface area contributed by atoms with E-state index in [-0.39, 0.29) is 5.60 Å². The van der Waals surface area contributed by atoms with Gasteiger partial charge in [-0.3, -0.25) is 0 Å². The Bertz CT molecular complexity index is 81.3. The Morgan fingerprint density at radius 1 is 1.40 bits per heavy atom. The first kappa shape index (κ1) is 9.92. The predicted octanol–water partition coefficient (Wildman–Crippen LogP) is 1.54. The van der Waals surface area contributed by atoms with Crippen LogP contribution in [-0.4, -0.2) is 18.8 Å². The molecule has 0 amide bonds. The maximum atomic E-state index is 5.54. The quantitative estimate of drug-likeness (QED) is 0.595. The van der Waals surface area contributed by atoms with E-state index in [0.717, 1.165) is 26.0 Å². The van der Waals surface area contributed by atoms with Gasteiger partial charge in [0.1, 0.15) is 0 Å². The molecule has 0 rings (SSSR count). The fraction of sp³-hybridized carbons (Fsp3) is 1.00. The second kappa shape index (κ2) is 4.69. The van der Waals surface area contributed by atoms with Crippen LogP contribution >= 0.6 is 0 Å². The third-order valence-electron chi connectivity index (χ3n) is 1.69. The van der Waals surface area contributed by atoms with Gasteiger partial charge in [-0.2, -0.15) is 0 Å². The minimum absolute atomic E-state index is 0.0369. The molecule has 62 valence electrons. The maximum absolute atomic E-state index is 5.54. The first-order valence-electron chi connectivity index (χ1n) is 3.96. The summed E-state index contributed by atoms with van der Waals surface area (Å²) in [7, 11) is 0. The molecular weight excluding hydrogens is 126 g/mol. The van der Waals surface area contributed by atoms with E-state index in [1.807, 2.05) is 0 Å². The largest absolute Gasteiger partial charge is 0.376 e. The lowest BCUT2D eigenvalue weighted by Gasteiger charge is -2.23. The summed E-state index contributed by atoms with van der Waals surface area (Å²) in [5, 5.41) is 0. The smallest absolute Gasteiger partial charge is 0.0623 e. The molecular formula is C8H19NO. The van der Waals surface area contributed by atoms with Crippen LogP contribution in [0.4, 0.5) is 0 Å². The van der Waals surface area contributed by atoms with Crippen molar-refractivity contribution < 1.29 is 4.74 Å². The van der Waals surface area contributed by atoms with Crippen molar-refractivity contribution in [1.82, 2.24) is 0 Å². The Hall–Kier alpha value is -0.0800. The van der Waals surface area contributed by atoms with Crippen LogP contribution in [0.2, 0.25) is 0 Å². The summed E-state index contributed by atoms with van der Waals surface area (Å²) in [5.41, 5.74) is 5.36. The highest BCUT2D eigenvalue weighted by Gasteiger charge is 2.13. The van der Waals surface area contributed by atoms with Crippen molar-refractivity contribution in [3.05, 3.63) is 0 Å². The van der Waals surface area contributed by atoms with Crippen LogP contribution in [0.25, 0.3) is 0 Å². The van der Waals surface area contributed by atoms with Gasteiger partial charge >= 0.3 is 0 Å². The molecule has 0 saturated carbocycles. The number of hydrogen-bond acceptors (Lipinski definition) is 2. The molecule has 0 aromatic carbocycles. The molecule has 2 heteroatoms. The summed E-state index contributed by atoms with van der Waals surface area (Å²) in [4.78, 5) is 0. The lowest BCUT2D eigenvalue weighted by atomic mass is 10.1.